The highest BCUT2D eigenvalue weighted by atomic mass is 19.1. The Morgan fingerprint density at radius 1 is 1.60 bits per heavy atom. The SMILES string of the molecule is COc1cccc(F)c1CN1CC(CN=[N+]=[N-])CC1=O. The lowest BCUT2D eigenvalue weighted by atomic mass is 10.1. The van der Waals surface area contributed by atoms with Crippen LogP contribution in [0.4, 0.5) is 4.39 Å². The van der Waals surface area contributed by atoms with Crippen molar-refractivity contribution in [1.82, 2.24) is 4.90 Å². The first-order chi connectivity index (χ1) is 9.65. The fourth-order valence-electron chi connectivity index (χ4n) is 2.36. The first-order valence-corrected chi connectivity index (χ1v) is 6.25. The number of ether oxygens (including phenoxy) is 1. The van der Waals surface area contributed by atoms with Crippen LogP contribution >= 0.6 is 0 Å². The number of likely N-dealkylation sites (tertiary alicyclic amines) is 1. The molecule has 1 amide bonds. The number of methoxy groups -OCH3 is 1. The summed E-state index contributed by atoms with van der Waals surface area (Å²) in [6.45, 7) is 0.921. The Hall–Kier alpha value is -2.27. The van der Waals surface area contributed by atoms with Crippen LogP contribution in [-0.2, 0) is 11.3 Å². The average Bonchev–Trinajstić information content (AvgIpc) is 2.79. The van der Waals surface area contributed by atoms with Gasteiger partial charge in [-0.1, -0.05) is 11.2 Å². The van der Waals surface area contributed by atoms with E-state index in [1.54, 1.807) is 17.0 Å². The van der Waals surface area contributed by atoms with E-state index in [1.807, 2.05) is 0 Å². The maximum absolute atomic E-state index is 13.8. The molecular weight excluding hydrogens is 263 g/mol. The largest absolute Gasteiger partial charge is 0.496 e. The van der Waals surface area contributed by atoms with Gasteiger partial charge in [-0.3, -0.25) is 4.79 Å². The summed E-state index contributed by atoms with van der Waals surface area (Å²) in [6, 6.07) is 4.57. The number of carbonyl (C=O) groups excluding carboxylic acids is 1. The average molecular weight is 278 g/mol. The number of rotatable bonds is 5. The van der Waals surface area contributed by atoms with E-state index in [4.69, 9.17) is 10.3 Å². The van der Waals surface area contributed by atoms with Gasteiger partial charge < -0.3 is 9.64 Å². The Morgan fingerprint density at radius 2 is 2.40 bits per heavy atom. The highest BCUT2D eigenvalue weighted by Crippen LogP contribution is 2.26. The summed E-state index contributed by atoms with van der Waals surface area (Å²) in [5.74, 6) is -0.0310. The highest BCUT2D eigenvalue weighted by molar-refractivity contribution is 5.78. The number of carbonyl (C=O) groups is 1. The first-order valence-electron chi connectivity index (χ1n) is 6.25. The lowest BCUT2D eigenvalue weighted by molar-refractivity contribution is -0.128. The molecule has 0 aromatic heterocycles. The minimum absolute atomic E-state index is 0.00355. The molecule has 1 fully saturated rings. The van der Waals surface area contributed by atoms with Crippen LogP contribution in [0.3, 0.4) is 0 Å². The first kappa shape index (κ1) is 14.1. The van der Waals surface area contributed by atoms with E-state index < -0.39 is 5.82 Å². The van der Waals surface area contributed by atoms with Gasteiger partial charge in [-0.2, -0.15) is 0 Å². The van der Waals surface area contributed by atoms with Gasteiger partial charge in [0.25, 0.3) is 0 Å². The van der Waals surface area contributed by atoms with Crippen molar-refractivity contribution < 1.29 is 13.9 Å². The Morgan fingerprint density at radius 3 is 3.10 bits per heavy atom. The van der Waals surface area contributed by atoms with Crippen molar-refractivity contribution in [2.45, 2.75) is 13.0 Å². The predicted molar refractivity (Wildman–Crippen MR) is 70.5 cm³/mol. The van der Waals surface area contributed by atoms with E-state index in [0.717, 1.165) is 0 Å². The van der Waals surface area contributed by atoms with E-state index >= 15 is 0 Å². The van der Waals surface area contributed by atoms with Crippen molar-refractivity contribution in [3.63, 3.8) is 0 Å². The van der Waals surface area contributed by atoms with Crippen LogP contribution < -0.4 is 4.74 Å². The summed E-state index contributed by atoms with van der Waals surface area (Å²) in [4.78, 5) is 16.1. The Labute approximate surface area is 115 Å². The minimum Gasteiger partial charge on any atom is -0.496 e. The second-order valence-electron chi connectivity index (χ2n) is 4.68. The van der Waals surface area contributed by atoms with Crippen molar-refractivity contribution in [1.29, 1.82) is 0 Å². The monoisotopic (exact) mass is 278 g/mol. The van der Waals surface area contributed by atoms with Gasteiger partial charge in [-0.05, 0) is 23.6 Å². The number of azide groups is 1. The normalized spacial score (nSPS) is 18.0. The Kier molecular flexibility index (Phi) is 4.42. The number of nitrogens with zero attached hydrogens (tertiary/aromatic N) is 4. The van der Waals surface area contributed by atoms with E-state index in [2.05, 4.69) is 10.0 Å². The molecule has 1 unspecified atom stereocenters. The second-order valence-corrected chi connectivity index (χ2v) is 4.68. The third kappa shape index (κ3) is 3.00. The molecule has 1 saturated heterocycles. The molecule has 0 N–H and O–H groups in total. The zero-order valence-corrected chi connectivity index (χ0v) is 11.1. The topological polar surface area (TPSA) is 78.3 Å². The molecule has 1 aliphatic rings. The number of hydrogen-bond acceptors (Lipinski definition) is 3. The van der Waals surface area contributed by atoms with Crippen molar-refractivity contribution in [3.05, 3.63) is 40.0 Å². The summed E-state index contributed by atoms with van der Waals surface area (Å²) in [7, 11) is 1.47. The van der Waals surface area contributed by atoms with Gasteiger partial charge in [0, 0.05) is 30.0 Å². The van der Waals surface area contributed by atoms with E-state index in [9.17, 15) is 9.18 Å². The van der Waals surface area contributed by atoms with Gasteiger partial charge in [0.2, 0.25) is 5.91 Å². The zero-order chi connectivity index (χ0) is 14.5. The third-order valence-electron chi connectivity index (χ3n) is 3.34. The third-order valence-corrected chi connectivity index (χ3v) is 3.34. The molecule has 1 aromatic rings. The molecule has 7 heteroatoms. The van der Waals surface area contributed by atoms with Gasteiger partial charge >= 0.3 is 0 Å². The van der Waals surface area contributed by atoms with E-state index in [1.165, 1.54) is 13.2 Å². The summed E-state index contributed by atoms with van der Waals surface area (Å²) in [5, 5.41) is 3.48. The highest BCUT2D eigenvalue weighted by Gasteiger charge is 2.30. The van der Waals surface area contributed by atoms with Crippen LogP contribution in [0.5, 0.6) is 5.75 Å². The zero-order valence-electron chi connectivity index (χ0n) is 11.1. The number of halogens is 1. The standard InChI is InChI=1S/C13H15FN4O2/c1-20-12-4-2-3-11(14)10(12)8-18-7-9(5-13(18)19)6-16-17-15/h2-4,9H,5-8H2,1H3. The summed E-state index contributed by atoms with van der Waals surface area (Å²) < 4.78 is 19.0. The molecule has 0 aliphatic carbocycles. The molecule has 1 aromatic carbocycles. The maximum atomic E-state index is 13.8. The molecule has 0 saturated carbocycles. The summed E-state index contributed by atoms with van der Waals surface area (Å²) in [5.41, 5.74) is 8.66. The Bertz CT molecular complexity index is 557. The molecule has 106 valence electrons. The molecule has 1 atom stereocenters. The Balaban J connectivity index is 2.11. The van der Waals surface area contributed by atoms with Crippen LogP contribution in [0.15, 0.2) is 23.3 Å². The van der Waals surface area contributed by atoms with Gasteiger partial charge in [0.1, 0.15) is 11.6 Å². The summed E-state index contributed by atoms with van der Waals surface area (Å²) >= 11 is 0. The maximum Gasteiger partial charge on any atom is 0.223 e. The minimum atomic E-state index is -0.393. The van der Waals surface area contributed by atoms with Crippen LogP contribution in [0.2, 0.25) is 0 Å². The lowest BCUT2D eigenvalue weighted by Gasteiger charge is -2.18. The van der Waals surface area contributed by atoms with Gasteiger partial charge in [0.05, 0.1) is 13.7 Å². The molecule has 0 bridgehead atoms. The number of amides is 1. The van der Waals surface area contributed by atoms with Crippen LogP contribution in [0.1, 0.15) is 12.0 Å². The van der Waals surface area contributed by atoms with Crippen LogP contribution in [-0.4, -0.2) is 31.0 Å². The fraction of sp³-hybridized carbons (Fsp3) is 0.462. The molecule has 2 rings (SSSR count). The molecular formula is C13H15FN4O2. The fourth-order valence-corrected chi connectivity index (χ4v) is 2.36. The van der Waals surface area contributed by atoms with Crippen molar-refractivity contribution in [3.8, 4) is 5.75 Å². The van der Waals surface area contributed by atoms with E-state index in [0.29, 0.717) is 24.3 Å². The quantitative estimate of drug-likeness (QED) is 0.471. The number of hydrogen-bond donors (Lipinski definition) is 0. The van der Waals surface area contributed by atoms with Gasteiger partial charge in [0.15, 0.2) is 0 Å². The van der Waals surface area contributed by atoms with Crippen molar-refractivity contribution >= 4 is 5.91 Å². The van der Waals surface area contributed by atoms with Crippen LogP contribution in [0, 0.1) is 11.7 Å². The molecule has 1 heterocycles. The van der Waals surface area contributed by atoms with Crippen molar-refractivity contribution in [2.75, 3.05) is 20.2 Å². The van der Waals surface area contributed by atoms with Gasteiger partial charge in [-0.25, -0.2) is 4.39 Å². The number of benzene rings is 1. The smallest absolute Gasteiger partial charge is 0.223 e. The molecule has 0 radical (unpaired) electrons. The summed E-state index contributed by atoms with van der Waals surface area (Å²) in [6.07, 6.45) is 0.329. The molecule has 0 spiro atoms. The van der Waals surface area contributed by atoms with Crippen molar-refractivity contribution in [2.24, 2.45) is 11.0 Å². The van der Waals surface area contributed by atoms with E-state index in [-0.39, 0.29) is 24.9 Å². The van der Waals surface area contributed by atoms with Gasteiger partial charge in [-0.15, -0.1) is 0 Å². The second kappa shape index (κ2) is 6.25. The lowest BCUT2D eigenvalue weighted by Crippen LogP contribution is -2.25. The molecule has 1 aliphatic heterocycles. The molecule has 20 heavy (non-hydrogen) atoms. The molecule has 6 nitrogen and oxygen atoms in total. The predicted octanol–water partition coefficient (Wildman–Crippen LogP) is 2.49. The van der Waals surface area contributed by atoms with Crippen LogP contribution in [0.25, 0.3) is 10.4 Å².